The highest BCUT2D eigenvalue weighted by atomic mass is 32.2. The second-order valence-corrected chi connectivity index (χ2v) is 8.28. The summed E-state index contributed by atoms with van der Waals surface area (Å²) in [6.07, 6.45) is 0. The molecule has 2 rings (SSSR count). The maximum Gasteiger partial charge on any atom is 0.255 e. The first-order valence-electron chi connectivity index (χ1n) is 7.86. The van der Waals surface area contributed by atoms with Crippen molar-refractivity contribution < 1.29 is 22.7 Å². The molecule has 140 valence electrons. The van der Waals surface area contributed by atoms with Gasteiger partial charge in [-0.15, -0.1) is 0 Å². The molecule has 8 heteroatoms. The number of carbonyl (C=O) groups excluding carboxylic acids is 1. The Hall–Kier alpha value is -2.29. The van der Waals surface area contributed by atoms with E-state index >= 15 is 0 Å². The van der Waals surface area contributed by atoms with Crippen molar-refractivity contribution in [3.8, 4) is 0 Å². The van der Waals surface area contributed by atoms with Crippen molar-refractivity contribution in [1.29, 1.82) is 0 Å². The van der Waals surface area contributed by atoms with Crippen molar-refractivity contribution in [3.63, 3.8) is 0 Å². The van der Waals surface area contributed by atoms with Gasteiger partial charge in [-0.3, -0.25) is 4.79 Å². The monoisotopic (exact) mass is 380 g/mol. The SMILES string of the molecule is Cc1cc(NC(=O)c2cccc(S(=O)(=O)NC(C)(C)CO)c2)ccc1F. The number of hydrogen-bond acceptors (Lipinski definition) is 4. The van der Waals surface area contributed by atoms with Gasteiger partial charge >= 0.3 is 0 Å². The van der Waals surface area contributed by atoms with Gasteiger partial charge in [-0.1, -0.05) is 6.07 Å². The van der Waals surface area contributed by atoms with Crippen LogP contribution in [0.2, 0.25) is 0 Å². The summed E-state index contributed by atoms with van der Waals surface area (Å²) >= 11 is 0. The van der Waals surface area contributed by atoms with Crippen LogP contribution < -0.4 is 10.0 Å². The highest BCUT2D eigenvalue weighted by Gasteiger charge is 2.26. The van der Waals surface area contributed by atoms with Crippen LogP contribution in [0, 0.1) is 12.7 Å². The molecule has 3 N–H and O–H groups in total. The summed E-state index contributed by atoms with van der Waals surface area (Å²) in [4.78, 5) is 12.3. The Labute approximate surface area is 152 Å². The third kappa shape index (κ3) is 4.87. The average Bonchev–Trinajstić information content (AvgIpc) is 2.57. The molecule has 26 heavy (non-hydrogen) atoms. The summed E-state index contributed by atoms with van der Waals surface area (Å²) in [6.45, 7) is 4.28. The molecule has 1 amide bonds. The third-order valence-electron chi connectivity index (χ3n) is 3.63. The van der Waals surface area contributed by atoms with Gasteiger partial charge in [0.05, 0.1) is 17.0 Å². The predicted molar refractivity (Wildman–Crippen MR) is 97.0 cm³/mol. The number of nitrogens with one attached hydrogen (secondary N) is 2. The molecule has 2 aromatic carbocycles. The fraction of sp³-hybridized carbons (Fsp3) is 0.278. The van der Waals surface area contributed by atoms with Gasteiger partial charge < -0.3 is 10.4 Å². The van der Waals surface area contributed by atoms with Crippen LogP contribution in [0.5, 0.6) is 0 Å². The number of benzene rings is 2. The maximum atomic E-state index is 13.3. The minimum Gasteiger partial charge on any atom is -0.394 e. The molecule has 0 radical (unpaired) electrons. The van der Waals surface area contributed by atoms with Crippen molar-refractivity contribution in [3.05, 3.63) is 59.4 Å². The second kappa shape index (κ2) is 7.53. The minimum absolute atomic E-state index is 0.0954. The molecule has 0 atom stereocenters. The van der Waals surface area contributed by atoms with Crippen LogP contribution in [-0.4, -0.2) is 31.6 Å². The number of hydrogen-bond donors (Lipinski definition) is 3. The van der Waals surface area contributed by atoms with Gasteiger partial charge in [-0.2, -0.15) is 0 Å². The molecular weight excluding hydrogens is 359 g/mol. The Morgan fingerprint density at radius 2 is 1.88 bits per heavy atom. The molecule has 6 nitrogen and oxygen atoms in total. The molecule has 0 unspecified atom stereocenters. The molecule has 0 heterocycles. The number of rotatable bonds is 6. The van der Waals surface area contributed by atoms with Crippen molar-refractivity contribution in [2.45, 2.75) is 31.2 Å². The molecule has 0 saturated carbocycles. The van der Waals surface area contributed by atoms with E-state index in [0.717, 1.165) is 0 Å². The van der Waals surface area contributed by atoms with Crippen LogP contribution in [0.4, 0.5) is 10.1 Å². The maximum absolute atomic E-state index is 13.3. The van der Waals surface area contributed by atoms with Crippen molar-refractivity contribution in [1.82, 2.24) is 4.72 Å². The zero-order valence-electron chi connectivity index (χ0n) is 14.7. The Morgan fingerprint density at radius 3 is 2.50 bits per heavy atom. The molecule has 0 saturated heterocycles. The largest absolute Gasteiger partial charge is 0.394 e. The Kier molecular flexibility index (Phi) is 5.80. The van der Waals surface area contributed by atoms with E-state index in [9.17, 15) is 22.7 Å². The Balaban J connectivity index is 2.25. The van der Waals surface area contributed by atoms with Gasteiger partial charge in [0.25, 0.3) is 5.91 Å². The first-order valence-corrected chi connectivity index (χ1v) is 9.35. The number of anilines is 1. The van der Waals surface area contributed by atoms with Crippen molar-refractivity contribution in [2.75, 3.05) is 11.9 Å². The zero-order chi connectivity index (χ0) is 19.5. The van der Waals surface area contributed by atoms with Crippen LogP contribution in [-0.2, 0) is 10.0 Å². The number of sulfonamides is 1. The van der Waals surface area contributed by atoms with E-state index in [-0.39, 0.29) is 22.9 Å². The molecule has 0 aliphatic heterocycles. The summed E-state index contributed by atoms with van der Waals surface area (Å²) in [5.74, 6) is -0.900. The van der Waals surface area contributed by atoms with Gasteiger partial charge in [0, 0.05) is 11.3 Å². The van der Waals surface area contributed by atoms with E-state index in [2.05, 4.69) is 10.0 Å². The highest BCUT2D eigenvalue weighted by molar-refractivity contribution is 7.89. The van der Waals surface area contributed by atoms with Crippen molar-refractivity contribution in [2.24, 2.45) is 0 Å². The molecule has 2 aromatic rings. The zero-order valence-corrected chi connectivity index (χ0v) is 15.5. The number of aliphatic hydroxyl groups is 1. The average molecular weight is 380 g/mol. The summed E-state index contributed by atoms with van der Waals surface area (Å²) in [7, 11) is -3.91. The lowest BCUT2D eigenvalue weighted by Gasteiger charge is -2.23. The fourth-order valence-electron chi connectivity index (χ4n) is 2.19. The molecular formula is C18H21FN2O4S. The normalized spacial score (nSPS) is 12.0. The lowest BCUT2D eigenvalue weighted by Crippen LogP contribution is -2.46. The Bertz CT molecular complexity index is 927. The fourth-order valence-corrected chi connectivity index (χ4v) is 3.63. The summed E-state index contributed by atoms with van der Waals surface area (Å²) in [5.41, 5.74) is -0.115. The third-order valence-corrected chi connectivity index (χ3v) is 5.32. The van der Waals surface area contributed by atoms with E-state index in [1.807, 2.05) is 0 Å². The molecule has 0 bridgehead atoms. The molecule has 0 aliphatic rings. The lowest BCUT2D eigenvalue weighted by molar-refractivity contribution is 0.102. The number of aliphatic hydroxyl groups excluding tert-OH is 1. The second-order valence-electron chi connectivity index (χ2n) is 6.59. The van der Waals surface area contributed by atoms with E-state index in [1.165, 1.54) is 56.3 Å². The van der Waals surface area contributed by atoms with Gasteiger partial charge in [0.1, 0.15) is 5.82 Å². The number of halogens is 1. The number of aryl methyl sites for hydroxylation is 1. The Morgan fingerprint density at radius 1 is 1.19 bits per heavy atom. The van der Waals surface area contributed by atoms with E-state index in [1.54, 1.807) is 6.92 Å². The molecule has 0 aliphatic carbocycles. The van der Waals surface area contributed by atoms with Gasteiger partial charge in [-0.25, -0.2) is 17.5 Å². The number of amides is 1. The quantitative estimate of drug-likeness (QED) is 0.717. The summed E-state index contributed by atoms with van der Waals surface area (Å²) < 4.78 is 40.5. The standard InChI is InChI=1S/C18H21FN2O4S/c1-12-9-14(7-8-16(12)19)20-17(23)13-5-4-6-15(10-13)26(24,25)21-18(2,3)11-22/h4-10,21-22H,11H2,1-3H3,(H,20,23). The van der Waals surface area contributed by atoms with E-state index in [4.69, 9.17) is 0 Å². The van der Waals surface area contributed by atoms with E-state index < -0.39 is 21.5 Å². The smallest absolute Gasteiger partial charge is 0.255 e. The van der Waals surface area contributed by atoms with Crippen molar-refractivity contribution >= 4 is 21.6 Å². The first-order chi connectivity index (χ1) is 12.0. The number of carbonyl (C=O) groups is 1. The van der Waals surface area contributed by atoms with Gasteiger partial charge in [0.15, 0.2) is 0 Å². The van der Waals surface area contributed by atoms with E-state index in [0.29, 0.717) is 11.3 Å². The highest BCUT2D eigenvalue weighted by Crippen LogP contribution is 2.18. The van der Waals surface area contributed by atoms with Crippen LogP contribution in [0.15, 0.2) is 47.4 Å². The minimum atomic E-state index is -3.91. The van der Waals surface area contributed by atoms with Gasteiger partial charge in [0.2, 0.25) is 10.0 Å². The summed E-state index contributed by atoms with van der Waals surface area (Å²) in [5, 5.41) is 11.8. The lowest BCUT2D eigenvalue weighted by atomic mass is 10.1. The topological polar surface area (TPSA) is 95.5 Å². The molecule has 0 aromatic heterocycles. The van der Waals surface area contributed by atoms with Crippen LogP contribution in [0.3, 0.4) is 0 Å². The first kappa shape index (κ1) is 20.0. The summed E-state index contributed by atoms with van der Waals surface area (Å²) in [6, 6.07) is 9.67. The molecule has 0 spiro atoms. The molecule has 0 fully saturated rings. The van der Waals surface area contributed by atoms with Crippen LogP contribution in [0.25, 0.3) is 0 Å². The van der Waals surface area contributed by atoms with Crippen LogP contribution in [0.1, 0.15) is 29.8 Å². The van der Waals surface area contributed by atoms with Crippen LogP contribution >= 0.6 is 0 Å². The van der Waals surface area contributed by atoms with Gasteiger partial charge in [-0.05, 0) is 62.7 Å². The predicted octanol–water partition coefficient (Wildman–Crippen LogP) is 2.44.